The van der Waals surface area contributed by atoms with Crippen molar-refractivity contribution in [1.29, 1.82) is 0 Å². The minimum absolute atomic E-state index is 0.251. The Hall–Kier alpha value is -4.35. The fourth-order valence-corrected chi connectivity index (χ4v) is 3.89. The third kappa shape index (κ3) is 6.90. The molecule has 3 aromatic heterocycles. The molecule has 0 bridgehead atoms. The van der Waals surface area contributed by atoms with E-state index in [-0.39, 0.29) is 5.82 Å². The molecule has 0 aliphatic rings. The molecule has 11 heteroatoms. The van der Waals surface area contributed by atoms with E-state index >= 15 is 0 Å². The number of halogens is 1. The Morgan fingerprint density at radius 2 is 1.97 bits per heavy atom. The summed E-state index contributed by atoms with van der Waals surface area (Å²) < 4.78 is 23.0. The van der Waals surface area contributed by atoms with Crippen LogP contribution in [0.1, 0.15) is 31.9 Å². The van der Waals surface area contributed by atoms with Crippen LogP contribution in [-0.4, -0.2) is 47.6 Å². The first kappa shape index (κ1) is 26.7. The Morgan fingerprint density at radius 1 is 1.18 bits per heavy atom. The molecule has 10 nitrogen and oxygen atoms in total. The lowest BCUT2D eigenvalue weighted by atomic mass is 10.1. The van der Waals surface area contributed by atoms with Crippen LogP contribution >= 0.6 is 0 Å². The second-order valence-electron chi connectivity index (χ2n) is 9.57. The van der Waals surface area contributed by atoms with Gasteiger partial charge in [0.1, 0.15) is 17.7 Å². The summed E-state index contributed by atoms with van der Waals surface area (Å²) in [5, 5.41) is 20.6. The Balaban J connectivity index is 0.000000786. The van der Waals surface area contributed by atoms with Gasteiger partial charge in [0.05, 0.1) is 31.5 Å². The first-order valence-electron chi connectivity index (χ1n) is 11.9. The van der Waals surface area contributed by atoms with E-state index in [1.165, 1.54) is 18.5 Å². The number of carboxylic acids is 1. The van der Waals surface area contributed by atoms with Crippen LogP contribution in [0.5, 0.6) is 0 Å². The highest BCUT2D eigenvalue weighted by Crippen LogP contribution is 2.26. The van der Waals surface area contributed by atoms with E-state index in [2.05, 4.69) is 20.5 Å². The minimum atomic E-state index is -0.833. The molecule has 0 amide bonds. The molecule has 0 spiro atoms. The first-order chi connectivity index (χ1) is 18.1. The van der Waals surface area contributed by atoms with Crippen molar-refractivity contribution in [3.63, 3.8) is 0 Å². The maximum absolute atomic E-state index is 13.5. The zero-order valence-electron chi connectivity index (χ0n) is 21.4. The molecule has 0 fully saturated rings. The molecule has 0 unspecified atom stereocenters. The molecular formula is C27H30FN7O3. The second-order valence-corrected chi connectivity index (χ2v) is 9.57. The number of nitrogens with one attached hydrogen (secondary N) is 1. The quantitative estimate of drug-likeness (QED) is 0.276. The number of hydrogen-bond donors (Lipinski definition) is 3. The van der Waals surface area contributed by atoms with Gasteiger partial charge >= 0.3 is 0 Å². The molecule has 38 heavy (non-hydrogen) atoms. The van der Waals surface area contributed by atoms with Gasteiger partial charge in [0, 0.05) is 35.3 Å². The van der Waals surface area contributed by atoms with Crippen molar-refractivity contribution in [2.45, 2.75) is 39.5 Å². The number of nitrogens with zero attached hydrogens (tertiary/aromatic N) is 5. The van der Waals surface area contributed by atoms with E-state index in [0.29, 0.717) is 25.6 Å². The van der Waals surface area contributed by atoms with Crippen LogP contribution in [-0.2, 0) is 22.7 Å². The van der Waals surface area contributed by atoms with Gasteiger partial charge < -0.3 is 20.9 Å². The maximum atomic E-state index is 13.5. The fourth-order valence-electron chi connectivity index (χ4n) is 3.89. The molecule has 0 saturated heterocycles. The summed E-state index contributed by atoms with van der Waals surface area (Å²) in [6.45, 7) is 6.28. The molecule has 5 rings (SSSR count). The normalized spacial score (nSPS) is 11.4. The van der Waals surface area contributed by atoms with Gasteiger partial charge in [0.2, 0.25) is 0 Å². The number of aliphatic carboxylic acids is 1. The zero-order valence-corrected chi connectivity index (χ0v) is 21.4. The van der Waals surface area contributed by atoms with Gasteiger partial charge in [-0.25, -0.2) is 13.9 Å². The molecule has 198 valence electrons. The Labute approximate surface area is 218 Å². The molecule has 3 heterocycles. The van der Waals surface area contributed by atoms with Crippen LogP contribution in [0.15, 0.2) is 67.3 Å². The van der Waals surface area contributed by atoms with E-state index in [1.54, 1.807) is 16.8 Å². The summed E-state index contributed by atoms with van der Waals surface area (Å²) in [5.41, 5.74) is 10.1. The van der Waals surface area contributed by atoms with Crippen LogP contribution in [0.4, 0.5) is 15.9 Å². The standard InChI is InChI=1S/C25H26FN7O.C2H4O2/c1-25(2,27)15-34-14-18-8-9-32-23(18)24(28-16-30-32)31-21-6-7-22-19(11-21)12-29-33(22)13-17-4-3-5-20(26)10-17;1-2(3)4/h3-12,16H,13-15,27H2,1-2H3,(H,28,30,31);1H3,(H,3,4). The summed E-state index contributed by atoms with van der Waals surface area (Å²) in [4.78, 5) is 13.5. The number of aromatic nitrogens is 5. The van der Waals surface area contributed by atoms with Gasteiger partial charge in [-0.1, -0.05) is 12.1 Å². The van der Waals surface area contributed by atoms with Crippen LogP contribution in [0.3, 0.4) is 0 Å². The Kier molecular flexibility index (Phi) is 7.99. The van der Waals surface area contributed by atoms with Crippen molar-refractivity contribution in [3.05, 3.63) is 84.2 Å². The number of hydrogen-bond acceptors (Lipinski definition) is 7. The summed E-state index contributed by atoms with van der Waals surface area (Å²) in [6.07, 6.45) is 5.20. The molecule has 0 aliphatic carbocycles. The molecule has 2 aromatic carbocycles. The monoisotopic (exact) mass is 519 g/mol. The van der Waals surface area contributed by atoms with Gasteiger partial charge in [0.25, 0.3) is 5.97 Å². The van der Waals surface area contributed by atoms with E-state index in [4.69, 9.17) is 20.4 Å². The summed E-state index contributed by atoms with van der Waals surface area (Å²) in [7, 11) is 0. The average molecular weight is 520 g/mol. The van der Waals surface area contributed by atoms with Crippen LogP contribution in [0.2, 0.25) is 0 Å². The Morgan fingerprint density at radius 3 is 2.71 bits per heavy atom. The maximum Gasteiger partial charge on any atom is 0.300 e. The topological polar surface area (TPSA) is 133 Å². The van der Waals surface area contributed by atoms with Crippen molar-refractivity contribution in [3.8, 4) is 0 Å². The smallest absolute Gasteiger partial charge is 0.300 e. The largest absolute Gasteiger partial charge is 0.481 e. The minimum Gasteiger partial charge on any atom is -0.481 e. The lowest BCUT2D eigenvalue weighted by Crippen LogP contribution is -2.37. The van der Waals surface area contributed by atoms with Gasteiger partial charge in [-0.2, -0.15) is 10.2 Å². The average Bonchev–Trinajstić information content (AvgIpc) is 3.43. The number of carboxylic acid groups (broad SMARTS) is 1. The molecule has 0 aliphatic heterocycles. The number of anilines is 2. The SMILES string of the molecule is CC(=O)O.CC(C)(N)COCc1ccn2ncnc(Nc3ccc4c(cnn4Cc4cccc(F)c4)c3)c12. The molecule has 0 radical (unpaired) electrons. The predicted octanol–water partition coefficient (Wildman–Crippen LogP) is 4.35. The van der Waals surface area contributed by atoms with Gasteiger partial charge in [-0.05, 0) is 55.8 Å². The number of fused-ring (bicyclic) bond motifs is 2. The lowest BCUT2D eigenvalue weighted by molar-refractivity contribution is -0.134. The van der Waals surface area contributed by atoms with Crippen molar-refractivity contribution in [2.24, 2.45) is 5.73 Å². The fraction of sp³-hybridized carbons (Fsp3) is 0.259. The third-order valence-electron chi connectivity index (χ3n) is 5.39. The molecule has 4 N–H and O–H groups in total. The van der Waals surface area contributed by atoms with E-state index in [0.717, 1.165) is 40.2 Å². The van der Waals surface area contributed by atoms with Crippen molar-refractivity contribution in [1.82, 2.24) is 24.4 Å². The van der Waals surface area contributed by atoms with E-state index in [1.807, 2.05) is 55.1 Å². The highest BCUT2D eigenvalue weighted by atomic mass is 19.1. The number of ether oxygens (including phenoxy) is 1. The molecular weight excluding hydrogens is 489 g/mol. The number of rotatable bonds is 8. The predicted molar refractivity (Wildman–Crippen MR) is 143 cm³/mol. The van der Waals surface area contributed by atoms with Crippen LogP contribution < -0.4 is 11.1 Å². The van der Waals surface area contributed by atoms with Crippen molar-refractivity contribution < 1.29 is 19.0 Å². The highest BCUT2D eigenvalue weighted by molar-refractivity contribution is 5.85. The number of nitrogens with two attached hydrogens (primary N) is 1. The van der Waals surface area contributed by atoms with Gasteiger partial charge in [-0.3, -0.25) is 9.48 Å². The summed E-state index contributed by atoms with van der Waals surface area (Å²) in [6, 6.07) is 14.5. The number of benzene rings is 2. The summed E-state index contributed by atoms with van der Waals surface area (Å²) in [5.74, 6) is -0.407. The van der Waals surface area contributed by atoms with Crippen molar-refractivity contribution >= 4 is 33.9 Å². The van der Waals surface area contributed by atoms with Crippen molar-refractivity contribution in [2.75, 3.05) is 11.9 Å². The molecule has 0 atom stereocenters. The van der Waals surface area contributed by atoms with Crippen LogP contribution in [0, 0.1) is 5.82 Å². The van der Waals surface area contributed by atoms with Crippen LogP contribution in [0.25, 0.3) is 16.4 Å². The second kappa shape index (κ2) is 11.4. The van der Waals surface area contributed by atoms with Gasteiger partial charge in [0.15, 0.2) is 5.82 Å². The van der Waals surface area contributed by atoms with E-state index < -0.39 is 11.5 Å². The third-order valence-corrected chi connectivity index (χ3v) is 5.39. The first-order valence-corrected chi connectivity index (χ1v) is 11.9. The zero-order chi connectivity index (χ0) is 27.3. The molecule has 0 saturated carbocycles. The van der Waals surface area contributed by atoms with E-state index in [9.17, 15) is 4.39 Å². The van der Waals surface area contributed by atoms with Gasteiger partial charge in [-0.15, -0.1) is 0 Å². The Bertz CT molecular complexity index is 1550. The summed E-state index contributed by atoms with van der Waals surface area (Å²) >= 11 is 0. The lowest BCUT2D eigenvalue weighted by Gasteiger charge is -2.18. The number of carbonyl (C=O) groups is 1. The highest BCUT2D eigenvalue weighted by Gasteiger charge is 2.14. The molecule has 5 aromatic rings.